The van der Waals surface area contributed by atoms with Crippen LogP contribution in [-0.4, -0.2) is 40.6 Å². The average molecular weight is 441 g/mol. The maximum atomic E-state index is 14.9. The van der Waals surface area contributed by atoms with E-state index in [1.54, 1.807) is 18.3 Å². The van der Waals surface area contributed by atoms with Gasteiger partial charge in [0.25, 0.3) is 0 Å². The fourth-order valence-electron chi connectivity index (χ4n) is 4.15. The maximum Gasteiger partial charge on any atom is 0.226 e. The number of nitrogens with one attached hydrogen (secondary N) is 1. The predicted molar refractivity (Wildman–Crippen MR) is 117 cm³/mol. The first-order chi connectivity index (χ1) is 14.9. The molecule has 1 N–H and O–H groups in total. The number of aromatic amines is 1. The number of rotatable bonds is 3. The summed E-state index contributed by atoms with van der Waals surface area (Å²) in [5, 5.41) is 0.595. The number of aromatic nitrogens is 4. The molecule has 1 aromatic carbocycles. The van der Waals surface area contributed by atoms with Crippen molar-refractivity contribution in [1.29, 1.82) is 0 Å². The van der Waals surface area contributed by atoms with Crippen LogP contribution in [0.1, 0.15) is 22.9 Å². The molecule has 0 aliphatic carbocycles. The van der Waals surface area contributed by atoms with Crippen molar-refractivity contribution in [3.8, 4) is 0 Å². The molecular weight excluding hydrogens is 422 g/mol. The Morgan fingerprint density at radius 1 is 1.06 bits per heavy atom. The molecule has 6 nitrogen and oxygen atoms in total. The van der Waals surface area contributed by atoms with Gasteiger partial charge in [-0.15, -0.1) is 0 Å². The van der Waals surface area contributed by atoms with Gasteiger partial charge in [-0.25, -0.2) is 23.7 Å². The SMILES string of the molecule is CN(C)c1ccc(C2c3[nH]c4ccc(Cl)c(F)c4c3CCN2c2ncc(F)cn2)cn1. The Morgan fingerprint density at radius 3 is 2.52 bits per heavy atom. The van der Waals surface area contributed by atoms with Crippen LogP contribution in [0.25, 0.3) is 10.9 Å². The van der Waals surface area contributed by atoms with Crippen LogP contribution in [0.2, 0.25) is 5.02 Å². The lowest BCUT2D eigenvalue weighted by Crippen LogP contribution is -2.37. The summed E-state index contributed by atoms with van der Waals surface area (Å²) in [6, 6.07) is 6.89. The fourth-order valence-corrected chi connectivity index (χ4v) is 4.31. The van der Waals surface area contributed by atoms with Gasteiger partial charge in [0.05, 0.1) is 23.5 Å². The molecule has 0 saturated heterocycles. The first-order valence-electron chi connectivity index (χ1n) is 9.80. The van der Waals surface area contributed by atoms with Crippen molar-refractivity contribution in [3.05, 3.63) is 76.3 Å². The van der Waals surface area contributed by atoms with Crippen molar-refractivity contribution in [1.82, 2.24) is 19.9 Å². The third kappa shape index (κ3) is 3.27. The average Bonchev–Trinajstić information content (AvgIpc) is 3.15. The number of anilines is 2. The Balaban J connectivity index is 1.70. The molecule has 158 valence electrons. The van der Waals surface area contributed by atoms with Gasteiger partial charge in [-0.3, -0.25) is 0 Å². The summed E-state index contributed by atoms with van der Waals surface area (Å²) < 4.78 is 28.3. The molecule has 0 radical (unpaired) electrons. The van der Waals surface area contributed by atoms with E-state index in [2.05, 4.69) is 19.9 Å². The minimum Gasteiger partial charge on any atom is -0.363 e. The van der Waals surface area contributed by atoms with E-state index in [4.69, 9.17) is 11.6 Å². The number of benzene rings is 1. The summed E-state index contributed by atoms with van der Waals surface area (Å²) in [5.41, 5.74) is 3.26. The van der Waals surface area contributed by atoms with E-state index in [1.807, 2.05) is 36.0 Å². The van der Waals surface area contributed by atoms with Crippen LogP contribution in [0.4, 0.5) is 20.5 Å². The Hall–Kier alpha value is -3.26. The quantitative estimate of drug-likeness (QED) is 0.508. The molecular formula is C22H19ClF2N6. The zero-order chi connectivity index (χ0) is 21.7. The predicted octanol–water partition coefficient (Wildman–Crippen LogP) is 4.50. The molecule has 1 unspecified atom stereocenters. The van der Waals surface area contributed by atoms with Crippen molar-refractivity contribution < 1.29 is 8.78 Å². The molecule has 1 aliphatic rings. The van der Waals surface area contributed by atoms with Gasteiger partial charge in [-0.1, -0.05) is 17.7 Å². The van der Waals surface area contributed by atoms with Gasteiger partial charge in [0, 0.05) is 43.4 Å². The van der Waals surface area contributed by atoms with Crippen molar-refractivity contribution in [2.75, 3.05) is 30.4 Å². The van der Waals surface area contributed by atoms with Crippen LogP contribution < -0.4 is 9.80 Å². The summed E-state index contributed by atoms with van der Waals surface area (Å²) in [7, 11) is 3.84. The van der Waals surface area contributed by atoms with Crippen LogP contribution in [0.3, 0.4) is 0 Å². The summed E-state index contributed by atoms with van der Waals surface area (Å²) >= 11 is 6.06. The highest BCUT2D eigenvalue weighted by molar-refractivity contribution is 6.31. The molecule has 4 heterocycles. The normalized spacial score (nSPS) is 15.9. The smallest absolute Gasteiger partial charge is 0.226 e. The summed E-state index contributed by atoms with van der Waals surface area (Å²) in [6.07, 6.45) is 4.65. The lowest BCUT2D eigenvalue weighted by atomic mass is 9.93. The Morgan fingerprint density at radius 2 is 1.84 bits per heavy atom. The van der Waals surface area contributed by atoms with Crippen molar-refractivity contribution >= 4 is 34.3 Å². The van der Waals surface area contributed by atoms with E-state index in [1.165, 1.54) is 0 Å². The molecule has 0 fully saturated rings. The molecule has 0 spiro atoms. The lowest BCUT2D eigenvalue weighted by Gasteiger charge is -2.36. The first-order valence-corrected chi connectivity index (χ1v) is 10.2. The highest BCUT2D eigenvalue weighted by Crippen LogP contribution is 2.41. The van der Waals surface area contributed by atoms with Gasteiger partial charge in [0.15, 0.2) is 11.6 Å². The van der Waals surface area contributed by atoms with Gasteiger partial charge < -0.3 is 14.8 Å². The van der Waals surface area contributed by atoms with Gasteiger partial charge in [0.1, 0.15) is 5.82 Å². The van der Waals surface area contributed by atoms with E-state index in [0.717, 1.165) is 35.0 Å². The second-order valence-corrected chi connectivity index (χ2v) is 8.10. The third-order valence-electron chi connectivity index (χ3n) is 5.59. The number of halogens is 3. The topological polar surface area (TPSA) is 60.9 Å². The molecule has 3 aromatic heterocycles. The Kier molecular flexibility index (Phi) is 4.74. The summed E-state index contributed by atoms with van der Waals surface area (Å²) in [4.78, 5) is 20.2. The molecule has 1 atom stereocenters. The second-order valence-electron chi connectivity index (χ2n) is 7.69. The Labute approximate surface area is 182 Å². The largest absolute Gasteiger partial charge is 0.363 e. The molecule has 1 aliphatic heterocycles. The second kappa shape index (κ2) is 7.46. The summed E-state index contributed by atoms with van der Waals surface area (Å²) in [6.45, 7) is 0.525. The molecule has 0 saturated carbocycles. The van der Waals surface area contributed by atoms with E-state index >= 15 is 0 Å². The number of H-pyrrole nitrogens is 1. The van der Waals surface area contributed by atoms with Crippen LogP contribution >= 0.6 is 11.6 Å². The molecule has 0 bridgehead atoms. The molecule has 0 amide bonds. The highest BCUT2D eigenvalue weighted by Gasteiger charge is 2.34. The Bertz CT molecular complexity index is 1250. The number of nitrogens with zero attached hydrogens (tertiary/aromatic N) is 5. The van der Waals surface area contributed by atoms with Gasteiger partial charge >= 0.3 is 0 Å². The van der Waals surface area contributed by atoms with Crippen molar-refractivity contribution in [2.45, 2.75) is 12.5 Å². The van der Waals surface area contributed by atoms with Crippen LogP contribution in [0.5, 0.6) is 0 Å². The molecule has 9 heteroatoms. The summed E-state index contributed by atoms with van der Waals surface area (Å²) in [5.74, 6) is 0.282. The third-order valence-corrected chi connectivity index (χ3v) is 5.88. The van der Waals surface area contributed by atoms with E-state index in [0.29, 0.717) is 29.8 Å². The van der Waals surface area contributed by atoms with Crippen molar-refractivity contribution in [3.63, 3.8) is 0 Å². The van der Waals surface area contributed by atoms with Crippen LogP contribution in [0, 0.1) is 11.6 Å². The van der Waals surface area contributed by atoms with Gasteiger partial charge in [0.2, 0.25) is 5.95 Å². The van der Waals surface area contributed by atoms with Crippen LogP contribution in [0.15, 0.2) is 42.9 Å². The standard InChI is InChI=1S/C22H19ClF2N6/c1-30(2)17-6-3-12(9-26-17)21-20-14(18-16(29-20)5-4-15(23)19(18)25)7-8-31(21)22-27-10-13(24)11-28-22/h3-6,9-11,21,29H,7-8H2,1-2H3. The number of hydrogen-bond acceptors (Lipinski definition) is 5. The number of fused-ring (bicyclic) bond motifs is 3. The molecule has 4 aromatic rings. The first kappa shape index (κ1) is 19.7. The minimum atomic E-state index is -0.502. The zero-order valence-electron chi connectivity index (χ0n) is 16.9. The number of pyridine rings is 1. The van der Waals surface area contributed by atoms with Crippen LogP contribution in [-0.2, 0) is 6.42 Å². The molecule has 5 rings (SSSR count). The lowest BCUT2D eigenvalue weighted by molar-refractivity contribution is 0.594. The zero-order valence-corrected chi connectivity index (χ0v) is 17.7. The van der Waals surface area contributed by atoms with Gasteiger partial charge in [-0.2, -0.15) is 0 Å². The number of hydrogen-bond donors (Lipinski definition) is 1. The molecule has 31 heavy (non-hydrogen) atoms. The monoisotopic (exact) mass is 440 g/mol. The van der Waals surface area contributed by atoms with Crippen molar-refractivity contribution in [2.24, 2.45) is 0 Å². The van der Waals surface area contributed by atoms with E-state index in [-0.39, 0.29) is 11.1 Å². The van der Waals surface area contributed by atoms with E-state index < -0.39 is 11.6 Å². The minimum absolute atomic E-state index is 0.0900. The maximum absolute atomic E-state index is 14.9. The highest BCUT2D eigenvalue weighted by atomic mass is 35.5. The van der Waals surface area contributed by atoms with E-state index in [9.17, 15) is 8.78 Å². The fraction of sp³-hybridized carbons (Fsp3) is 0.227. The van der Waals surface area contributed by atoms with Gasteiger partial charge in [-0.05, 0) is 35.7 Å².